The zero-order valence-electron chi connectivity index (χ0n) is 11.3. The van der Waals surface area contributed by atoms with E-state index in [1.165, 1.54) is 0 Å². The predicted octanol–water partition coefficient (Wildman–Crippen LogP) is 1.50. The number of carbonyl (C=O) groups excluding carboxylic acids is 1. The van der Waals surface area contributed by atoms with Crippen LogP contribution in [0.4, 0.5) is 4.79 Å². The van der Waals surface area contributed by atoms with Crippen molar-refractivity contribution in [2.24, 2.45) is 0 Å². The van der Waals surface area contributed by atoms with E-state index in [2.05, 4.69) is 10.6 Å². The van der Waals surface area contributed by atoms with Crippen molar-refractivity contribution >= 4 is 12.0 Å². The van der Waals surface area contributed by atoms with Crippen LogP contribution in [0.2, 0.25) is 0 Å². The molecule has 1 atom stereocenters. The molecule has 1 saturated heterocycles. The summed E-state index contributed by atoms with van der Waals surface area (Å²) in [5, 5.41) is 14.0. The lowest BCUT2D eigenvalue weighted by Crippen LogP contribution is -2.39. The number of carbonyl (C=O) groups is 2. The summed E-state index contributed by atoms with van der Waals surface area (Å²) >= 11 is 0. The first-order valence-electron chi connectivity index (χ1n) is 7.03. The van der Waals surface area contributed by atoms with E-state index in [1.807, 2.05) is 0 Å². The number of hydrogen-bond acceptors (Lipinski definition) is 3. The summed E-state index contributed by atoms with van der Waals surface area (Å²) < 4.78 is 5.40. The second-order valence-corrected chi connectivity index (χ2v) is 4.83. The number of carboxylic acids is 1. The van der Waals surface area contributed by atoms with Crippen molar-refractivity contribution in [3.05, 3.63) is 0 Å². The van der Waals surface area contributed by atoms with Gasteiger partial charge in [0.15, 0.2) is 0 Å². The second kappa shape index (κ2) is 9.61. The molecule has 0 bridgehead atoms. The van der Waals surface area contributed by atoms with E-state index < -0.39 is 5.97 Å². The van der Waals surface area contributed by atoms with Crippen molar-refractivity contribution < 1.29 is 19.4 Å². The van der Waals surface area contributed by atoms with Crippen molar-refractivity contribution in [2.45, 2.75) is 51.0 Å². The topological polar surface area (TPSA) is 87.7 Å². The monoisotopic (exact) mass is 272 g/mol. The van der Waals surface area contributed by atoms with Gasteiger partial charge in [-0.1, -0.05) is 12.8 Å². The smallest absolute Gasteiger partial charge is 0.314 e. The number of amides is 2. The van der Waals surface area contributed by atoms with Crippen LogP contribution in [0.15, 0.2) is 0 Å². The Bertz CT molecular complexity index is 278. The van der Waals surface area contributed by atoms with Gasteiger partial charge in [-0.25, -0.2) is 4.79 Å². The van der Waals surface area contributed by atoms with E-state index in [4.69, 9.17) is 9.84 Å². The van der Waals surface area contributed by atoms with Crippen molar-refractivity contribution in [1.82, 2.24) is 10.6 Å². The van der Waals surface area contributed by atoms with Crippen LogP contribution in [0.3, 0.4) is 0 Å². The largest absolute Gasteiger partial charge is 0.481 e. The highest BCUT2D eigenvalue weighted by molar-refractivity contribution is 5.73. The van der Waals surface area contributed by atoms with Crippen LogP contribution in [0.5, 0.6) is 0 Å². The molecule has 6 heteroatoms. The summed E-state index contributed by atoms with van der Waals surface area (Å²) in [6.07, 6.45) is 5.92. The van der Waals surface area contributed by atoms with E-state index in [1.54, 1.807) is 0 Å². The Balaban J connectivity index is 1.85. The van der Waals surface area contributed by atoms with Crippen molar-refractivity contribution in [3.63, 3.8) is 0 Å². The van der Waals surface area contributed by atoms with Crippen LogP contribution in [-0.4, -0.2) is 42.9 Å². The summed E-state index contributed by atoms with van der Waals surface area (Å²) in [6.45, 7) is 2.00. The van der Waals surface area contributed by atoms with E-state index in [0.717, 1.165) is 38.7 Å². The number of ether oxygens (including phenoxy) is 1. The predicted molar refractivity (Wildman–Crippen MR) is 71.1 cm³/mol. The molecule has 0 aromatic heterocycles. The van der Waals surface area contributed by atoms with E-state index in [9.17, 15) is 9.59 Å². The molecule has 1 unspecified atom stereocenters. The molecular weight excluding hydrogens is 248 g/mol. The molecule has 1 rings (SSSR count). The molecule has 3 N–H and O–H groups in total. The van der Waals surface area contributed by atoms with Crippen molar-refractivity contribution in [3.8, 4) is 0 Å². The molecule has 2 amide bonds. The fourth-order valence-corrected chi connectivity index (χ4v) is 2.03. The Morgan fingerprint density at radius 2 is 1.95 bits per heavy atom. The van der Waals surface area contributed by atoms with Gasteiger partial charge in [0.25, 0.3) is 0 Å². The number of hydrogen-bond donors (Lipinski definition) is 3. The average molecular weight is 272 g/mol. The first kappa shape index (κ1) is 15.8. The lowest BCUT2D eigenvalue weighted by molar-refractivity contribution is -0.137. The zero-order chi connectivity index (χ0) is 13.9. The second-order valence-electron chi connectivity index (χ2n) is 4.83. The number of aliphatic carboxylic acids is 1. The minimum atomic E-state index is -0.744. The number of carboxylic acid groups (broad SMARTS) is 1. The number of nitrogens with one attached hydrogen (secondary N) is 2. The highest BCUT2D eigenvalue weighted by atomic mass is 16.5. The first-order valence-corrected chi connectivity index (χ1v) is 7.03. The van der Waals surface area contributed by atoms with Gasteiger partial charge in [-0.15, -0.1) is 0 Å². The van der Waals surface area contributed by atoms with E-state index in [0.29, 0.717) is 19.5 Å². The molecule has 1 heterocycles. The summed E-state index contributed by atoms with van der Waals surface area (Å²) in [4.78, 5) is 21.7. The highest BCUT2D eigenvalue weighted by Crippen LogP contribution is 2.10. The highest BCUT2D eigenvalue weighted by Gasteiger charge is 2.15. The van der Waals surface area contributed by atoms with Crippen LogP contribution in [0.1, 0.15) is 44.9 Å². The minimum absolute atomic E-state index is 0.152. The molecule has 0 aromatic rings. The molecule has 1 aliphatic rings. The standard InChI is InChI=1S/C13H24N2O4/c16-12(17)7-3-1-2-4-8-14-13(18)15-10-11-6-5-9-19-11/h11H,1-10H2,(H,16,17)(H2,14,15,18). The average Bonchev–Trinajstić information content (AvgIpc) is 2.88. The molecule has 0 radical (unpaired) electrons. The van der Waals surface area contributed by atoms with Crippen LogP contribution in [-0.2, 0) is 9.53 Å². The molecule has 19 heavy (non-hydrogen) atoms. The first-order chi connectivity index (χ1) is 9.18. The molecule has 1 aliphatic heterocycles. The van der Waals surface area contributed by atoms with Gasteiger partial charge < -0.3 is 20.5 Å². The fraction of sp³-hybridized carbons (Fsp3) is 0.846. The molecule has 0 saturated carbocycles. The summed E-state index contributed by atoms with van der Waals surface area (Å²) in [5.41, 5.74) is 0. The summed E-state index contributed by atoms with van der Waals surface area (Å²) in [7, 11) is 0. The fourth-order valence-electron chi connectivity index (χ4n) is 2.03. The Labute approximate surface area is 113 Å². The third-order valence-corrected chi connectivity index (χ3v) is 3.12. The number of rotatable bonds is 9. The zero-order valence-corrected chi connectivity index (χ0v) is 11.3. The maximum atomic E-state index is 11.4. The van der Waals surface area contributed by atoms with Crippen molar-refractivity contribution in [2.75, 3.05) is 19.7 Å². The molecule has 0 aliphatic carbocycles. The molecule has 1 fully saturated rings. The van der Waals surface area contributed by atoms with Crippen molar-refractivity contribution in [1.29, 1.82) is 0 Å². The molecule has 0 aromatic carbocycles. The van der Waals surface area contributed by atoms with Gasteiger partial charge >= 0.3 is 12.0 Å². The van der Waals surface area contributed by atoms with Crippen LogP contribution >= 0.6 is 0 Å². The van der Waals surface area contributed by atoms with Crippen LogP contribution < -0.4 is 10.6 Å². The normalized spacial score (nSPS) is 18.2. The summed E-state index contributed by atoms with van der Waals surface area (Å²) in [6, 6.07) is -0.152. The molecule has 6 nitrogen and oxygen atoms in total. The lowest BCUT2D eigenvalue weighted by Gasteiger charge is -2.11. The maximum absolute atomic E-state index is 11.4. The van der Waals surface area contributed by atoms with Gasteiger partial charge in [-0.2, -0.15) is 0 Å². The third-order valence-electron chi connectivity index (χ3n) is 3.12. The van der Waals surface area contributed by atoms with E-state index in [-0.39, 0.29) is 18.6 Å². The van der Waals surface area contributed by atoms with E-state index >= 15 is 0 Å². The molecular formula is C13H24N2O4. The quantitative estimate of drug-likeness (QED) is 0.555. The Morgan fingerprint density at radius 1 is 1.16 bits per heavy atom. The summed E-state index contributed by atoms with van der Waals surface area (Å²) in [5.74, 6) is -0.744. The van der Waals surface area contributed by atoms with Gasteiger partial charge in [0, 0.05) is 26.1 Å². The maximum Gasteiger partial charge on any atom is 0.314 e. The van der Waals surface area contributed by atoms with Gasteiger partial charge in [0.1, 0.15) is 0 Å². The third kappa shape index (κ3) is 8.42. The Kier molecular flexibility index (Phi) is 7.97. The van der Waals surface area contributed by atoms with Gasteiger partial charge in [-0.05, 0) is 25.7 Å². The number of unbranched alkanes of at least 4 members (excludes halogenated alkanes) is 3. The Morgan fingerprint density at radius 3 is 2.63 bits per heavy atom. The van der Waals surface area contributed by atoms with Gasteiger partial charge in [0.2, 0.25) is 0 Å². The Hall–Kier alpha value is -1.30. The SMILES string of the molecule is O=C(O)CCCCCCNC(=O)NCC1CCCO1. The van der Waals surface area contributed by atoms with Gasteiger partial charge in [0.05, 0.1) is 6.10 Å². The minimum Gasteiger partial charge on any atom is -0.481 e. The van der Waals surface area contributed by atoms with Gasteiger partial charge in [-0.3, -0.25) is 4.79 Å². The van der Waals surface area contributed by atoms with Crippen LogP contribution in [0, 0.1) is 0 Å². The van der Waals surface area contributed by atoms with Crippen LogP contribution in [0.25, 0.3) is 0 Å². The lowest BCUT2D eigenvalue weighted by atomic mass is 10.1. The molecule has 110 valence electrons. The molecule has 0 spiro atoms. The number of urea groups is 1.